The lowest BCUT2D eigenvalue weighted by Gasteiger charge is -2.34. The number of carboxylic acid groups (broad SMARTS) is 1. The van der Waals surface area contributed by atoms with Gasteiger partial charge >= 0.3 is 6.09 Å². The van der Waals surface area contributed by atoms with Crippen LogP contribution < -0.4 is 5.32 Å². The molecule has 2 rings (SSSR count). The molecule has 1 saturated carbocycles. The molecule has 0 unspecified atom stereocenters. The number of nitrogens with one attached hydrogen (secondary N) is 1. The molecule has 1 aliphatic carbocycles. The summed E-state index contributed by atoms with van der Waals surface area (Å²) < 4.78 is 5.64. The fraction of sp³-hybridized carbons (Fsp3) is 0.417. The molecule has 0 radical (unpaired) electrons. The van der Waals surface area contributed by atoms with Crippen molar-refractivity contribution in [3.8, 4) is 0 Å². The molecule has 0 bridgehead atoms. The number of rotatable bonds is 4. The largest absolute Gasteiger partial charge is 0.465 e. The van der Waals surface area contributed by atoms with E-state index in [9.17, 15) is 4.79 Å². The maximum Gasteiger partial charge on any atom is 0.404 e. The molecule has 2 N–H and O–H groups in total. The van der Waals surface area contributed by atoms with Crippen LogP contribution in [0.3, 0.4) is 0 Å². The molecule has 1 aliphatic rings. The third-order valence-corrected chi connectivity index (χ3v) is 2.75. The van der Waals surface area contributed by atoms with Crippen molar-refractivity contribution < 1.29 is 14.6 Å². The van der Waals surface area contributed by atoms with Crippen LogP contribution in [0.5, 0.6) is 0 Å². The molecule has 1 fully saturated rings. The number of hydrogen-bond acceptors (Lipinski definition) is 2. The van der Waals surface area contributed by atoms with Crippen LogP contribution in [0.1, 0.15) is 18.4 Å². The van der Waals surface area contributed by atoms with Crippen molar-refractivity contribution >= 4 is 6.09 Å². The van der Waals surface area contributed by atoms with Gasteiger partial charge in [0.2, 0.25) is 0 Å². The zero-order valence-electron chi connectivity index (χ0n) is 8.93. The molecule has 4 heteroatoms. The van der Waals surface area contributed by atoms with Crippen molar-refractivity contribution in [3.63, 3.8) is 0 Å². The van der Waals surface area contributed by atoms with Gasteiger partial charge < -0.3 is 15.2 Å². The number of benzene rings is 1. The van der Waals surface area contributed by atoms with Crippen LogP contribution in [-0.2, 0) is 11.3 Å². The summed E-state index contributed by atoms with van der Waals surface area (Å²) in [4.78, 5) is 10.3. The summed E-state index contributed by atoms with van der Waals surface area (Å²) in [5, 5.41) is 10.9. The second kappa shape index (κ2) is 4.99. The van der Waals surface area contributed by atoms with Crippen LogP contribution in [0.4, 0.5) is 4.79 Å². The highest BCUT2D eigenvalue weighted by Crippen LogP contribution is 2.24. The van der Waals surface area contributed by atoms with Gasteiger partial charge in [-0.1, -0.05) is 30.3 Å². The molecule has 16 heavy (non-hydrogen) atoms. The Morgan fingerprint density at radius 2 is 2.06 bits per heavy atom. The molecule has 86 valence electrons. The van der Waals surface area contributed by atoms with E-state index in [0.29, 0.717) is 6.61 Å². The Bertz CT molecular complexity index is 347. The van der Waals surface area contributed by atoms with Crippen molar-refractivity contribution in [2.24, 2.45) is 0 Å². The first-order valence-electron chi connectivity index (χ1n) is 5.39. The summed E-state index contributed by atoms with van der Waals surface area (Å²) in [6.45, 7) is 0.602. The standard InChI is InChI=1S/C12H15NO3/c14-12(15)13-10-6-11(7-10)16-8-9-4-2-1-3-5-9/h1-5,10-11,13H,6-8H2,(H,14,15). The highest BCUT2D eigenvalue weighted by molar-refractivity contribution is 5.65. The van der Waals surface area contributed by atoms with Crippen LogP contribution in [0.25, 0.3) is 0 Å². The minimum Gasteiger partial charge on any atom is -0.465 e. The fourth-order valence-corrected chi connectivity index (χ4v) is 1.78. The molecule has 0 spiro atoms. The summed E-state index contributed by atoms with van der Waals surface area (Å²) in [6.07, 6.45) is 0.793. The van der Waals surface area contributed by atoms with E-state index in [1.807, 2.05) is 30.3 Å². The fourth-order valence-electron chi connectivity index (χ4n) is 1.78. The average Bonchev–Trinajstić information content (AvgIpc) is 2.22. The van der Waals surface area contributed by atoms with E-state index in [-0.39, 0.29) is 12.1 Å². The molecule has 1 amide bonds. The van der Waals surface area contributed by atoms with Crippen molar-refractivity contribution in [1.82, 2.24) is 5.32 Å². The Hall–Kier alpha value is -1.55. The zero-order valence-corrected chi connectivity index (χ0v) is 8.93. The predicted octanol–water partition coefficient (Wildman–Crippen LogP) is 2.00. The van der Waals surface area contributed by atoms with Gasteiger partial charge in [0.05, 0.1) is 12.7 Å². The van der Waals surface area contributed by atoms with E-state index in [2.05, 4.69) is 5.32 Å². The van der Waals surface area contributed by atoms with Crippen LogP contribution in [0.15, 0.2) is 30.3 Å². The quantitative estimate of drug-likeness (QED) is 0.817. The first kappa shape index (κ1) is 11.0. The SMILES string of the molecule is O=C(O)NC1CC(OCc2ccccc2)C1. The molecule has 0 aliphatic heterocycles. The van der Waals surface area contributed by atoms with Crippen molar-refractivity contribution in [1.29, 1.82) is 0 Å². The van der Waals surface area contributed by atoms with Gasteiger partial charge in [0.1, 0.15) is 0 Å². The third-order valence-electron chi connectivity index (χ3n) is 2.75. The molecule has 0 atom stereocenters. The maximum atomic E-state index is 10.3. The van der Waals surface area contributed by atoms with Crippen LogP contribution >= 0.6 is 0 Å². The van der Waals surface area contributed by atoms with Crippen molar-refractivity contribution in [3.05, 3.63) is 35.9 Å². The number of hydrogen-bond donors (Lipinski definition) is 2. The highest BCUT2D eigenvalue weighted by Gasteiger charge is 2.30. The minimum absolute atomic E-state index is 0.0678. The second-order valence-electron chi connectivity index (χ2n) is 4.04. The lowest BCUT2D eigenvalue weighted by atomic mass is 9.89. The van der Waals surface area contributed by atoms with Gasteiger partial charge in [-0.15, -0.1) is 0 Å². The average molecular weight is 221 g/mol. The van der Waals surface area contributed by atoms with E-state index in [0.717, 1.165) is 18.4 Å². The monoisotopic (exact) mass is 221 g/mol. The van der Waals surface area contributed by atoms with E-state index in [1.165, 1.54) is 0 Å². The Morgan fingerprint density at radius 1 is 1.38 bits per heavy atom. The summed E-state index contributed by atoms with van der Waals surface area (Å²) >= 11 is 0. The topological polar surface area (TPSA) is 58.6 Å². The van der Waals surface area contributed by atoms with Crippen molar-refractivity contribution in [2.45, 2.75) is 31.6 Å². The van der Waals surface area contributed by atoms with Gasteiger partial charge in [-0.05, 0) is 18.4 Å². The zero-order chi connectivity index (χ0) is 11.4. The van der Waals surface area contributed by atoms with E-state index >= 15 is 0 Å². The number of amides is 1. The Morgan fingerprint density at radius 3 is 2.69 bits per heavy atom. The Labute approximate surface area is 94.2 Å². The predicted molar refractivity (Wildman–Crippen MR) is 59.2 cm³/mol. The highest BCUT2D eigenvalue weighted by atomic mass is 16.5. The molecular weight excluding hydrogens is 206 g/mol. The van der Waals surface area contributed by atoms with E-state index < -0.39 is 6.09 Å². The van der Waals surface area contributed by atoms with E-state index in [1.54, 1.807) is 0 Å². The molecule has 0 heterocycles. The van der Waals surface area contributed by atoms with Gasteiger partial charge in [-0.2, -0.15) is 0 Å². The lowest BCUT2D eigenvalue weighted by Crippen LogP contribution is -2.47. The van der Waals surface area contributed by atoms with Crippen LogP contribution in [0, 0.1) is 0 Å². The Balaban J connectivity index is 1.65. The summed E-state index contributed by atoms with van der Waals surface area (Å²) in [5.41, 5.74) is 1.15. The molecule has 0 saturated heterocycles. The second-order valence-corrected chi connectivity index (χ2v) is 4.04. The van der Waals surface area contributed by atoms with Gasteiger partial charge in [-0.3, -0.25) is 0 Å². The maximum absolute atomic E-state index is 10.3. The van der Waals surface area contributed by atoms with Crippen molar-refractivity contribution in [2.75, 3.05) is 0 Å². The van der Waals surface area contributed by atoms with Gasteiger partial charge in [0.15, 0.2) is 0 Å². The first-order chi connectivity index (χ1) is 7.74. The van der Waals surface area contributed by atoms with Crippen LogP contribution in [0.2, 0.25) is 0 Å². The minimum atomic E-state index is -0.952. The molecule has 1 aromatic rings. The number of carbonyl (C=O) groups is 1. The van der Waals surface area contributed by atoms with Gasteiger partial charge in [-0.25, -0.2) is 4.79 Å². The molecule has 0 aromatic heterocycles. The molecular formula is C12H15NO3. The normalized spacial score (nSPS) is 23.5. The third kappa shape index (κ3) is 2.97. The summed E-state index contributed by atoms with van der Waals surface area (Å²) in [6, 6.07) is 10.0. The van der Waals surface area contributed by atoms with Crippen LogP contribution in [-0.4, -0.2) is 23.3 Å². The molecule has 4 nitrogen and oxygen atoms in total. The summed E-state index contributed by atoms with van der Waals surface area (Å²) in [7, 11) is 0. The van der Waals surface area contributed by atoms with E-state index in [4.69, 9.17) is 9.84 Å². The van der Waals surface area contributed by atoms with Gasteiger partial charge in [0, 0.05) is 6.04 Å². The van der Waals surface area contributed by atoms with Gasteiger partial charge in [0.25, 0.3) is 0 Å². The smallest absolute Gasteiger partial charge is 0.404 e. The Kier molecular flexibility index (Phi) is 3.41. The molecule has 1 aromatic carbocycles. The first-order valence-corrected chi connectivity index (χ1v) is 5.39. The lowest BCUT2D eigenvalue weighted by molar-refractivity contribution is -0.0252. The number of ether oxygens (including phenoxy) is 1. The summed E-state index contributed by atoms with van der Waals surface area (Å²) in [5.74, 6) is 0.